The summed E-state index contributed by atoms with van der Waals surface area (Å²) in [5, 5.41) is 6.84. The molecular weight excluding hydrogens is 531 g/mol. The summed E-state index contributed by atoms with van der Waals surface area (Å²) in [5.41, 5.74) is 3.77. The predicted molar refractivity (Wildman–Crippen MR) is 143 cm³/mol. The first-order valence-corrected chi connectivity index (χ1v) is 11.3. The van der Waals surface area contributed by atoms with Gasteiger partial charge in [-0.05, 0) is 28.8 Å². The Morgan fingerprint density at radius 3 is 2.52 bits per heavy atom. The van der Waals surface area contributed by atoms with E-state index in [1.54, 1.807) is 14.2 Å². The standard InChI is InChI=1S/C25H36N4O3.HI/c1-26-25(27-18-21-7-5-10-24(17-21)32-14-6-13-30-2)28-19-22-8-3-4-9-23(22)20-29-11-15-31-16-12-29;/h3-5,7-10,17H,6,11-16,18-20H2,1-2H3,(H2,26,27,28);1H. The van der Waals surface area contributed by atoms with Crippen LogP contribution in [0.1, 0.15) is 23.1 Å². The molecule has 0 unspecified atom stereocenters. The Bertz CT molecular complexity index is 844. The van der Waals surface area contributed by atoms with Crippen LogP contribution in [0.3, 0.4) is 0 Å². The molecule has 1 fully saturated rings. The van der Waals surface area contributed by atoms with Gasteiger partial charge in [-0.1, -0.05) is 36.4 Å². The molecule has 0 radical (unpaired) electrons. The first-order valence-electron chi connectivity index (χ1n) is 11.3. The summed E-state index contributed by atoms with van der Waals surface area (Å²) in [6.45, 7) is 7.31. The molecule has 0 spiro atoms. The van der Waals surface area contributed by atoms with Crippen molar-refractivity contribution < 1.29 is 14.2 Å². The smallest absolute Gasteiger partial charge is 0.191 e. The molecule has 1 heterocycles. The third-order valence-corrected chi connectivity index (χ3v) is 5.41. The molecule has 1 aliphatic rings. The second-order valence-corrected chi connectivity index (χ2v) is 7.78. The summed E-state index contributed by atoms with van der Waals surface area (Å²) in [6, 6.07) is 16.7. The minimum atomic E-state index is 0. The minimum absolute atomic E-state index is 0. The molecule has 0 aliphatic carbocycles. The molecule has 1 saturated heterocycles. The molecule has 2 N–H and O–H groups in total. The fraction of sp³-hybridized carbons (Fsp3) is 0.480. The van der Waals surface area contributed by atoms with Gasteiger partial charge in [0, 0.05) is 59.9 Å². The summed E-state index contributed by atoms with van der Waals surface area (Å²) in [6.07, 6.45) is 0.878. The normalized spacial score (nSPS) is 14.4. The number of hydrogen-bond donors (Lipinski definition) is 2. The van der Waals surface area contributed by atoms with E-state index in [2.05, 4.69) is 56.9 Å². The highest BCUT2D eigenvalue weighted by molar-refractivity contribution is 14.0. The predicted octanol–water partition coefficient (Wildman–Crippen LogP) is 3.42. The highest BCUT2D eigenvalue weighted by Gasteiger charge is 2.12. The molecule has 7 nitrogen and oxygen atoms in total. The third-order valence-electron chi connectivity index (χ3n) is 5.41. The van der Waals surface area contributed by atoms with E-state index < -0.39 is 0 Å². The third kappa shape index (κ3) is 9.87. The van der Waals surface area contributed by atoms with Crippen LogP contribution in [0, 0.1) is 0 Å². The van der Waals surface area contributed by atoms with Crippen molar-refractivity contribution in [1.82, 2.24) is 15.5 Å². The van der Waals surface area contributed by atoms with Crippen molar-refractivity contribution in [1.29, 1.82) is 0 Å². The lowest BCUT2D eigenvalue weighted by atomic mass is 10.1. The number of aliphatic imine (C=N–C) groups is 1. The van der Waals surface area contributed by atoms with Crippen LogP contribution in [0.5, 0.6) is 5.75 Å². The average molecular weight is 569 g/mol. The number of nitrogens with one attached hydrogen (secondary N) is 2. The monoisotopic (exact) mass is 568 g/mol. The molecule has 8 heteroatoms. The van der Waals surface area contributed by atoms with E-state index in [1.807, 2.05) is 12.1 Å². The Kier molecular flexibility index (Phi) is 13.2. The van der Waals surface area contributed by atoms with Gasteiger partial charge in [-0.3, -0.25) is 9.89 Å². The van der Waals surface area contributed by atoms with Gasteiger partial charge in [0.2, 0.25) is 0 Å². The molecular formula is C25H37IN4O3. The molecule has 182 valence electrons. The highest BCUT2D eigenvalue weighted by atomic mass is 127. The largest absolute Gasteiger partial charge is 0.493 e. The number of guanidine groups is 1. The molecule has 3 rings (SSSR count). The number of methoxy groups -OCH3 is 1. The van der Waals surface area contributed by atoms with E-state index >= 15 is 0 Å². The number of halogens is 1. The number of morpholine rings is 1. The number of nitrogens with zero attached hydrogens (tertiary/aromatic N) is 2. The van der Waals surface area contributed by atoms with Gasteiger partial charge in [0.15, 0.2) is 5.96 Å². The zero-order chi connectivity index (χ0) is 22.4. The van der Waals surface area contributed by atoms with Crippen LogP contribution in [0.15, 0.2) is 53.5 Å². The first-order chi connectivity index (χ1) is 15.8. The van der Waals surface area contributed by atoms with Crippen LogP contribution in [0.25, 0.3) is 0 Å². The summed E-state index contributed by atoms with van der Waals surface area (Å²) < 4.78 is 16.3. The first kappa shape index (κ1) is 27.4. The molecule has 0 saturated carbocycles. The van der Waals surface area contributed by atoms with Gasteiger partial charge in [0.25, 0.3) is 0 Å². The summed E-state index contributed by atoms with van der Waals surface area (Å²) in [5.74, 6) is 1.65. The van der Waals surface area contributed by atoms with Crippen LogP contribution in [0.4, 0.5) is 0 Å². The lowest BCUT2D eigenvalue weighted by Gasteiger charge is -2.27. The summed E-state index contributed by atoms with van der Waals surface area (Å²) in [4.78, 5) is 6.82. The maximum Gasteiger partial charge on any atom is 0.191 e. The molecule has 0 bridgehead atoms. The van der Waals surface area contributed by atoms with E-state index in [4.69, 9.17) is 14.2 Å². The second-order valence-electron chi connectivity index (χ2n) is 7.78. The van der Waals surface area contributed by atoms with Crippen LogP contribution in [-0.2, 0) is 29.1 Å². The average Bonchev–Trinajstić information content (AvgIpc) is 2.84. The Hall–Kier alpha value is -1.88. The van der Waals surface area contributed by atoms with Gasteiger partial charge in [0.1, 0.15) is 5.75 Å². The Morgan fingerprint density at radius 2 is 1.76 bits per heavy atom. The minimum Gasteiger partial charge on any atom is -0.493 e. The van der Waals surface area contributed by atoms with Crippen LogP contribution in [-0.4, -0.2) is 64.5 Å². The molecule has 0 aromatic heterocycles. The van der Waals surface area contributed by atoms with E-state index in [0.29, 0.717) is 19.8 Å². The lowest BCUT2D eigenvalue weighted by Crippen LogP contribution is -2.37. The van der Waals surface area contributed by atoms with Gasteiger partial charge in [-0.25, -0.2) is 0 Å². The number of rotatable bonds is 11. The van der Waals surface area contributed by atoms with E-state index in [0.717, 1.165) is 63.1 Å². The molecule has 33 heavy (non-hydrogen) atoms. The van der Waals surface area contributed by atoms with Crippen molar-refractivity contribution in [3.8, 4) is 5.75 Å². The molecule has 0 atom stereocenters. The van der Waals surface area contributed by atoms with Crippen molar-refractivity contribution in [2.45, 2.75) is 26.1 Å². The van der Waals surface area contributed by atoms with Crippen molar-refractivity contribution in [3.05, 3.63) is 65.2 Å². The fourth-order valence-corrected chi connectivity index (χ4v) is 3.61. The van der Waals surface area contributed by atoms with Gasteiger partial charge in [-0.2, -0.15) is 0 Å². The fourth-order valence-electron chi connectivity index (χ4n) is 3.61. The highest BCUT2D eigenvalue weighted by Crippen LogP contribution is 2.14. The summed E-state index contributed by atoms with van der Waals surface area (Å²) >= 11 is 0. The maximum absolute atomic E-state index is 5.80. The van der Waals surface area contributed by atoms with Crippen molar-refractivity contribution in [2.24, 2.45) is 4.99 Å². The van der Waals surface area contributed by atoms with E-state index in [9.17, 15) is 0 Å². The topological polar surface area (TPSA) is 67.4 Å². The van der Waals surface area contributed by atoms with E-state index in [1.165, 1.54) is 11.1 Å². The second kappa shape index (κ2) is 15.9. The Morgan fingerprint density at radius 1 is 1.00 bits per heavy atom. The van der Waals surface area contributed by atoms with E-state index in [-0.39, 0.29) is 24.0 Å². The number of hydrogen-bond acceptors (Lipinski definition) is 5. The Balaban J connectivity index is 0.00000385. The van der Waals surface area contributed by atoms with Crippen LogP contribution >= 0.6 is 24.0 Å². The van der Waals surface area contributed by atoms with Gasteiger partial charge >= 0.3 is 0 Å². The lowest BCUT2D eigenvalue weighted by molar-refractivity contribution is 0.0341. The molecule has 2 aromatic carbocycles. The van der Waals surface area contributed by atoms with Gasteiger partial charge in [-0.15, -0.1) is 24.0 Å². The number of ether oxygens (including phenoxy) is 3. The van der Waals surface area contributed by atoms with Crippen molar-refractivity contribution >= 4 is 29.9 Å². The quantitative estimate of drug-likeness (QED) is 0.188. The molecule has 0 amide bonds. The van der Waals surface area contributed by atoms with Crippen molar-refractivity contribution in [3.63, 3.8) is 0 Å². The molecule has 1 aliphatic heterocycles. The Labute approximate surface area is 214 Å². The maximum atomic E-state index is 5.80. The zero-order valence-electron chi connectivity index (χ0n) is 19.7. The summed E-state index contributed by atoms with van der Waals surface area (Å²) in [7, 11) is 3.50. The van der Waals surface area contributed by atoms with Crippen LogP contribution in [0.2, 0.25) is 0 Å². The molecule has 2 aromatic rings. The van der Waals surface area contributed by atoms with Gasteiger partial charge < -0.3 is 24.8 Å². The number of benzene rings is 2. The SMILES string of the molecule is CN=C(NCc1cccc(OCCCOC)c1)NCc1ccccc1CN1CCOCC1.I. The van der Waals surface area contributed by atoms with Gasteiger partial charge in [0.05, 0.1) is 19.8 Å². The van der Waals surface area contributed by atoms with Crippen LogP contribution < -0.4 is 15.4 Å². The van der Waals surface area contributed by atoms with Crippen molar-refractivity contribution in [2.75, 3.05) is 53.7 Å². The zero-order valence-corrected chi connectivity index (χ0v) is 22.0.